The Kier molecular flexibility index (Phi) is 7.11. The summed E-state index contributed by atoms with van der Waals surface area (Å²) in [5, 5.41) is 3.09. The largest absolute Gasteiger partial charge is 0.493 e. The van der Waals surface area contributed by atoms with Crippen LogP contribution in [0.3, 0.4) is 0 Å². The van der Waals surface area contributed by atoms with Crippen LogP contribution in [-0.2, 0) is 11.2 Å². The molecule has 0 radical (unpaired) electrons. The van der Waals surface area contributed by atoms with Gasteiger partial charge in [0.15, 0.2) is 11.5 Å². The first kappa shape index (κ1) is 20.6. The maximum atomic E-state index is 12.4. The second-order valence-corrected chi connectivity index (χ2v) is 6.68. The first-order valence-electron chi connectivity index (χ1n) is 9.05. The van der Waals surface area contributed by atoms with E-state index in [0.29, 0.717) is 30.1 Å². The molecule has 1 N–H and O–H groups in total. The molecule has 2 rings (SSSR count). The van der Waals surface area contributed by atoms with Gasteiger partial charge in [-0.3, -0.25) is 4.79 Å². The molecule has 1 amide bonds. The lowest BCUT2D eigenvalue weighted by molar-refractivity contribution is -0.121. The Hall–Kier alpha value is -2.69. The summed E-state index contributed by atoms with van der Waals surface area (Å²) in [7, 11) is 4.74. The summed E-state index contributed by atoms with van der Waals surface area (Å²) in [5.74, 6) is 1.75. The zero-order valence-corrected chi connectivity index (χ0v) is 17.0. The maximum Gasteiger partial charge on any atom is 0.220 e. The quantitative estimate of drug-likeness (QED) is 0.758. The summed E-state index contributed by atoms with van der Waals surface area (Å²) >= 11 is 0. The number of aryl methyl sites for hydroxylation is 3. The Balaban J connectivity index is 2.04. The molecule has 146 valence electrons. The summed E-state index contributed by atoms with van der Waals surface area (Å²) in [6, 6.07) is 10.0. The second kappa shape index (κ2) is 9.31. The molecule has 5 heteroatoms. The Morgan fingerprint density at radius 1 is 1.00 bits per heavy atom. The fourth-order valence-corrected chi connectivity index (χ4v) is 3.16. The fraction of sp³-hybridized carbons (Fsp3) is 0.409. The van der Waals surface area contributed by atoms with E-state index in [2.05, 4.69) is 37.4 Å². The normalized spacial score (nSPS) is 11.6. The molecule has 0 spiro atoms. The molecule has 0 aliphatic heterocycles. The minimum Gasteiger partial charge on any atom is -0.493 e. The third-order valence-electron chi connectivity index (χ3n) is 4.64. The summed E-state index contributed by atoms with van der Waals surface area (Å²) < 4.78 is 16.1. The van der Waals surface area contributed by atoms with Gasteiger partial charge in [0.25, 0.3) is 0 Å². The number of amides is 1. The van der Waals surface area contributed by atoms with Crippen molar-refractivity contribution in [2.24, 2.45) is 0 Å². The van der Waals surface area contributed by atoms with Gasteiger partial charge in [-0.1, -0.05) is 23.8 Å². The van der Waals surface area contributed by atoms with Crippen LogP contribution in [0.15, 0.2) is 30.3 Å². The third kappa shape index (κ3) is 5.16. The van der Waals surface area contributed by atoms with Crippen molar-refractivity contribution in [3.8, 4) is 17.2 Å². The van der Waals surface area contributed by atoms with E-state index in [1.807, 2.05) is 19.1 Å². The second-order valence-electron chi connectivity index (χ2n) is 6.68. The van der Waals surface area contributed by atoms with Crippen LogP contribution < -0.4 is 19.5 Å². The van der Waals surface area contributed by atoms with Gasteiger partial charge in [0.2, 0.25) is 11.7 Å². The number of benzene rings is 2. The highest BCUT2D eigenvalue weighted by Crippen LogP contribution is 2.38. The summed E-state index contributed by atoms with van der Waals surface area (Å²) in [4.78, 5) is 12.4. The molecule has 0 fully saturated rings. The van der Waals surface area contributed by atoms with Crippen LogP contribution in [0.25, 0.3) is 0 Å². The molecule has 1 unspecified atom stereocenters. The van der Waals surface area contributed by atoms with E-state index in [-0.39, 0.29) is 11.9 Å². The third-order valence-corrected chi connectivity index (χ3v) is 4.64. The van der Waals surface area contributed by atoms with E-state index >= 15 is 0 Å². The van der Waals surface area contributed by atoms with Crippen molar-refractivity contribution in [3.63, 3.8) is 0 Å². The number of nitrogens with one attached hydrogen (secondary N) is 1. The van der Waals surface area contributed by atoms with E-state index in [9.17, 15) is 4.79 Å². The van der Waals surface area contributed by atoms with Crippen molar-refractivity contribution >= 4 is 5.91 Å². The van der Waals surface area contributed by atoms with Crippen molar-refractivity contribution in [2.45, 2.75) is 39.7 Å². The first-order valence-corrected chi connectivity index (χ1v) is 9.05. The Morgan fingerprint density at radius 3 is 2.19 bits per heavy atom. The molecular formula is C22H29NO4. The van der Waals surface area contributed by atoms with Gasteiger partial charge in [-0.25, -0.2) is 0 Å². The van der Waals surface area contributed by atoms with Crippen molar-refractivity contribution in [1.29, 1.82) is 0 Å². The summed E-state index contributed by atoms with van der Waals surface area (Å²) in [6.07, 6.45) is 0.968. The van der Waals surface area contributed by atoms with Crippen LogP contribution >= 0.6 is 0 Å². The summed E-state index contributed by atoms with van der Waals surface area (Å²) in [5.41, 5.74) is 4.47. The van der Waals surface area contributed by atoms with Crippen molar-refractivity contribution in [1.82, 2.24) is 5.32 Å². The number of rotatable bonds is 8. The molecule has 0 aromatic heterocycles. The highest BCUT2D eigenvalue weighted by atomic mass is 16.5. The van der Waals surface area contributed by atoms with Gasteiger partial charge in [0.1, 0.15) is 0 Å². The standard InChI is InChI=1S/C22H29NO4/c1-14-7-8-15(2)18(11-14)16(3)23-21(24)10-9-17-12-19(25-4)22(27-6)20(13-17)26-5/h7-8,11-13,16H,9-10H2,1-6H3,(H,23,24). The monoisotopic (exact) mass is 371 g/mol. The SMILES string of the molecule is COc1cc(CCC(=O)NC(C)c2cc(C)ccc2C)cc(OC)c1OC. The molecule has 0 saturated carbocycles. The fourth-order valence-electron chi connectivity index (χ4n) is 3.16. The highest BCUT2D eigenvalue weighted by molar-refractivity contribution is 5.76. The van der Waals surface area contributed by atoms with E-state index in [1.54, 1.807) is 21.3 Å². The zero-order chi connectivity index (χ0) is 20.0. The van der Waals surface area contributed by atoms with Gasteiger partial charge in [-0.2, -0.15) is 0 Å². The number of carbonyl (C=O) groups excluding carboxylic acids is 1. The highest BCUT2D eigenvalue weighted by Gasteiger charge is 2.15. The lowest BCUT2D eigenvalue weighted by Crippen LogP contribution is -2.27. The lowest BCUT2D eigenvalue weighted by atomic mass is 9.99. The average Bonchev–Trinajstić information content (AvgIpc) is 2.67. The van der Waals surface area contributed by atoms with Crippen LogP contribution in [0.5, 0.6) is 17.2 Å². The zero-order valence-electron chi connectivity index (χ0n) is 17.0. The molecule has 0 heterocycles. The number of ether oxygens (including phenoxy) is 3. The lowest BCUT2D eigenvalue weighted by Gasteiger charge is -2.18. The van der Waals surface area contributed by atoms with Crippen LogP contribution in [0, 0.1) is 13.8 Å². The number of carbonyl (C=O) groups is 1. The number of hydrogen-bond acceptors (Lipinski definition) is 4. The summed E-state index contributed by atoms with van der Waals surface area (Å²) in [6.45, 7) is 6.13. The number of methoxy groups -OCH3 is 3. The molecule has 0 saturated heterocycles. The topological polar surface area (TPSA) is 56.8 Å². The predicted molar refractivity (Wildman–Crippen MR) is 107 cm³/mol. The van der Waals surface area contributed by atoms with Gasteiger partial charge in [-0.05, 0) is 56.0 Å². The molecule has 1 atom stereocenters. The molecule has 2 aromatic rings. The molecule has 0 bridgehead atoms. The van der Waals surface area contributed by atoms with Crippen LogP contribution in [0.2, 0.25) is 0 Å². The smallest absolute Gasteiger partial charge is 0.220 e. The molecule has 2 aromatic carbocycles. The van der Waals surface area contributed by atoms with Crippen molar-refractivity contribution in [2.75, 3.05) is 21.3 Å². The Labute approximate surface area is 161 Å². The Morgan fingerprint density at radius 2 is 1.63 bits per heavy atom. The molecule has 5 nitrogen and oxygen atoms in total. The van der Waals surface area contributed by atoms with Crippen LogP contribution in [0.1, 0.15) is 41.6 Å². The van der Waals surface area contributed by atoms with Gasteiger partial charge < -0.3 is 19.5 Å². The van der Waals surface area contributed by atoms with E-state index in [0.717, 1.165) is 11.1 Å². The van der Waals surface area contributed by atoms with E-state index in [1.165, 1.54) is 11.1 Å². The van der Waals surface area contributed by atoms with Crippen LogP contribution in [0.4, 0.5) is 0 Å². The van der Waals surface area contributed by atoms with E-state index < -0.39 is 0 Å². The number of hydrogen-bond donors (Lipinski definition) is 1. The Bertz CT molecular complexity index is 776. The minimum absolute atomic E-state index is 0.0113. The van der Waals surface area contributed by atoms with Gasteiger partial charge in [-0.15, -0.1) is 0 Å². The minimum atomic E-state index is -0.0302. The van der Waals surface area contributed by atoms with Crippen LogP contribution in [-0.4, -0.2) is 27.2 Å². The van der Waals surface area contributed by atoms with Gasteiger partial charge in [0.05, 0.1) is 27.4 Å². The van der Waals surface area contributed by atoms with Gasteiger partial charge >= 0.3 is 0 Å². The molecule has 0 aliphatic carbocycles. The molecule has 0 aliphatic rings. The van der Waals surface area contributed by atoms with Crippen molar-refractivity contribution < 1.29 is 19.0 Å². The van der Waals surface area contributed by atoms with Crippen molar-refractivity contribution in [3.05, 3.63) is 52.6 Å². The van der Waals surface area contributed by atoms with E-state index in [4.69, 9.17) is 14.2 Å². The maximum absolute atomic E-state index is 12.4. The van der Waals surface area contributed by atoms with Gasteiger partial charge in [0, 0.05) is 6.42 Å². The first-order chi connectivity index (χ1) is 12.9. The average molecular weight is 371 g/mol. The molecular weight excluding hydrogens is 342 g/mol. The predicted octanol–water partition coefficient (Wildman–Crippen LogP) is 4.14. The molecule has 27 heavy (non-hydrogen) atoms.